The van der Waals surface area contributed by atoms with E-state index in [0.29, 0.717) is 47.4 Å². The van der Waals surface area contributed by atoms with Crippen LogP contribution < -0.4 is 5.32 Å². The molecule has 1 unspecified atom stereocenters. The molecule has 4 aromatic rings. The van der Waals surface area contributed by atoms with Gasteiger partial charge in [0.1, 0.15) is 17.4 Å². The van der Waals surface area contributed by atoms with Crippen LogP contribution in [-0.4, -0.2) is 28.5 Å². The quantitative estimate of drug-likeness (QED) is 0.308. The molecule has 186 valence electrons. The van der Waals surface area contributed by atoms with Gasteiger partial charge in [0.15, 0.2) is 5.76 Å². The molecule has 1 aliphatic rings. The zero-order valence-corrected chi connectivity index (χ0v) is 20.7. The summed E-state index contributed by atoms with van der Waals surface area (Å²) in [5.74, 6) is -0.778. The third kappa shape index (κ3) is 5.19. The maximum absolute atomic E-state index is 14.8. The monoisotopic (exact) mass is 529 g/mol. The van der Waals surface area contributed by atoms with E-state index in [0.717, 1.165) is 23.9 Å². The van der Waals surface area contributed by atoms with E-state index < -0.39 is 17.7 Å². The molecule has 2 aromatic heterocycles. The second-order valence-electron chi connectivity index (χ2n) is 8.67. The first-order valence-electron chi connectivity index (χ1n) is 11.5. The van der Waals surface area contributed by atoms with Crippen molar-refractivity contribution < 1.29 is 18.0 Å². The SMILES string of the molecule is O=C(NCCc1ccc(Cl)cc1Cl)c1ccc(CN2CCn3cccc3C2c2ccc(F)cc2F)o1. The minimum Gasteiger partial charge on any atom is -0.455 e. The van der Waals surface area contributed by atoms with Crippen LogP contribution in [0.4, 0.5) is 8.78 Å². The third-order valence-electron chi connectivity index (χ3n) is 6.33. The van der Waals surface area contributed by atoms with Gasteiger partial charge in [-0.15, -0.1) is 0 Å². The molecule has 0 aliphatic carbocycles. The molecule has 0 fully saturated rings. The van der Waals surface area contributed by atoms with Crippen LogP contribution in [0.25, 0.3) is 0 Å². The third-order valence-corrected chi connectivity index (χ3v) is 6.92. The first-order chi connectivity index (χ1) is 17.4. The Kier molecular flexibility index (Phi) is 7.14. The first-order valence-corrected chi connectivity index (χ1v) is 12.3. The number of amides is 1. The zero-order valence-electron chi connectivity index (χ0n) is 19.2. The molecule has 0 saturated heterocycles. The molecule has 1 aliphatic heterocycles. The van der Waals surface area contributed by atoms with Gasteiger partial charge in [-0.2, -0.15) is 0 Å². The number of aromatic nitrogens is 1. The molecule has 0 bridgehead atoms. The summed E-state index contributed by atoms with van der Waals surface area (Å²) in [6, 6.07) is 15.7. The van der Waals surface area contributed by atoms with E-state index in [4.69, 9.17) is 27.6 Å². The summed E-state index contributed by atoms with van der Waals surface area (Å²) in [5, 5.41) is 3.95. The minimum atomic E-state index is -0.617. The lowest BCUT2D eigenvalue weighted by atomic mass is 9.99. The van der Waals surface area contributed by atoms with Crippen LogP contribution in [-0.2, 0) is 19.5 Å². The second-order valence-corrected chi connectivity index (χ2v) is 9.52. The van der Waals surface area contributed by atoms with E-state index in [1.807, 2.05) is 24.4 Å². The second kappa shape index (κ2) is 10.5. The fourth-order valence-electron chi connectivity index (χ4n) is 4.59. The standard InChI is InChI=1S/C27H23Cl2F2N3O2/c28-18-4-3-17(22(29)14-18)9-10-32-27(35)25-8-6-20(36-25)16-34-13-12-33-11-1-2-24(33)26(34)21-7-5-19(30)15-23(21)31/h1-8,11,14-15,26H,9-10,12-13,16H2,(H,32,35). The molecule has 2 aromatic carbocycles. The number of hydrogen-bond acceptors (Lipinski definition) is 3. The Labute approximate surface area is 217 Å². The van der Waals surface area contributed by atoms with E-state index in [-0.39, 0.29) is 11.7 Å². The van der Waals surface area contributed by atoms with Gasteiger partial charge in [-0.3, -0.25) is 9.69 Å². The number of benzene rings is 2. The van der Waals surface area contributed by atoms with Gasteiger partial charge in [0, 0.05) is 53.2 Å². The van der Waals surface area contributed by atoms with Crippen LogP contribution in [0.15, 0.2) is 71.3 Å². The average Bonchev–Trinajstić information content (AvgIpc) is 3.51. The Balaban J connectivity index is 1.27. The zero-order chi connectivity index (χ0) is 25.2. The number of nitrogens with zero attached hydrogens (tertiary/aromatic N) is 2. The Morgan fingerprint density at radius 2 is 1.92 bits per heavy atom. The van der Waals surface area contributed by atoms with E-state index in [1.165, 1.54) is 12.1 Å². The highest BCUT2D eigenvalue weighted by atomic mass is 35.5. The molecule has 0 radical (unpaired) electrons. The predicted molar refractivity (Wildman–Crippen MR) is 134 cm³/mol. The highest BCUT2D eigenvalue weighted by Gasteiger charge is 2.31. The molecule has 3 heterocycles. The van der Waals surface area contributed by atoms with Crippen LogP contribution in [0.5, 0.6) is 0 Å². The van der Waals surface area contributed by atoms with Crippen LogP contribution in [0, 0.1) is 11.6 Å². The smallest absolute Gasteiger partial charge is 0.287 e. The van der Waals surface area contributed by atoms with Crippen molar-refractivity contribution in [2.75, 3.05) is 13.1 Å². The molecule has 1 amide bonds. The highest BCUT2D eigenvalue weighted by Crippen LogP contribution is 2.35. The Morgan fingerprint density at radius 1 is 1.06 bits per heavy atom. The van der Waals surface area contributed by atoms with Gasteiger partial charge in [-0.1, -0.05) is 35.3 Å². The molecular formula is C27H23Cl2F2N3O2. The number of furan rings is 1. The van der Waals surface area contributed by atoms with Crippen LogP contribution in [0.1, 0.15) is 39.2 Å². The van der Waals surface area contributed by atoms with Crippen molar-refractivity contribution in [1.82, 2.24) is 14.8 Å². The van der Waals surface area contributed by atoms with Crippen molar-refractivity contribution >= 4 is 29.1 Å². The van der Waals surface area contributed by atoms with Crippen molar-refractivity contribution in [3.8, 4) is 0 Å². The summed E-state index contributed by atoms with van der Waals surface area (Å²) in [7, 11) is 0. The summed E-state index contributed by atoms with van der Waals surface area (Å²) < 4.78 is 36.2. The number of halogens is 4. The molecule has 1 atom stereocenters. The molecule has 9 heteroatoms. The van der Waals surface area contributed by atoms with Crippen LogP contribution in [0.3, 0.4) is 0 Å². The number of carbonyl (C=O) groups is 1. The average molecular weight is 530 g/mol. The normalized spacial score (nSPS) is 15.6. The number of rotatable bonds is 7. The Hall–Kier alpha value is -3.13. The predicted octanol–water partition coefficient (Wildman–Crippen LogP) is 6.24. The molecule has 36 heavy (non-hydrogen) atoms. The van der Waals surface area contributed by atoms with Gasteiger partial charge in [0.05, 0.1) is 12.6 Å². The van der Waals surface area contributed by atoms with Crippen molar-refractivity contribution in [3.63, 3.8) is 0 Å². The summed E-state index contributed by atoms with van der Waals surface area (Å²) >= 11 is 12.1. The highest BCUT2D eigenvalue weighted by molar-refractivity contribution is 6.35. The van der Waals surface area contributed by atoms with E-state index in [2.05, 4.69) is 14.8 Å². The molecule has 1 N–H and O–H groups in total. The van der Waals surface area contributed by atoms with Gasteiger partial charge < -0.3 is 14.3 Å². The summed E-state index contributed by atoms with van der Waals surface area (Å²) in [6.45, 7) is 2.10. The van der Waals surface area contributed by atoms with Gasteiger partial charge in [0.25, 0.3) is 5.91 Å². The van der Waals surface area contributed by atoms with Crippen molar-refractivity contribution in [1.29, 1.82) is 0 Å². The van der Waals surface area contributed by atoms with Gasteiger partial charge in [0.2, 0.25) is 0 Å². The lowest BCUT2D eigenvalue weighted by Gasteiger charge is -2.37. The maximum atomic E-state index is 14.8. The fraction of sp³-hybridized carbons (Fsp3) is 0.222. The summed E-state index contributed by atoms with van der Waals surface area (Å²) in [5.41, 5.74) is 2.19. The van der Waals surface area contributed by atoms with E-state index in [9.17, 15) is 13.6 Å². The van der Waals surface area contributed by atoms with Gasteiger partial charge in [-0.25, -0.2) is 8.78 Å². The topological polar surface area (TPSA) is 50.4 Å². The lowest BCUT2D eigenvalue weighted by molar-refractivity contribution is 0.0919. The minimum absolute atomic E-state index is 0.192. The van der Waals surface area contributed by atoms with Crippen molar-refractivity contribution in [3.05, 3.63) is 117 Å². The number of carbonyl (C=O) groups excluding carboxylic acids is 1. The van der Waals surface area contributed by atoms with E-state index in [1.54, 1.807) is 24.3 Å². The number of nitrogens with one attached hydrogen (secondary N) is 1. The molecular weight excluding hydrogens is 507 g/mol. The lowest BCUT2D eigenvalue weighted by Crippen LogP contribution is -2.38. The Bertz CT molecular complexity index is 1400. The molecule has 5 rings (SSSR count). The molecule has 0 spiro atoms. The maximum Gasteiger partial charge on any atom is 0.287 e. The number of fused-ring (bicyclic) bond motifs is 1. The van der Waals surface area contributed by atoms with Crippen molar-refractivity contribution in [2.24, 2.45) is 0 Å². The summed E-state index contributed by atoms with van der Waals surface area (Å²) in [4.78, 5) is 14.7. The van der Waals surface area contributed by atoms with Crippen LogP contribution >= 0.6 is 23.2 Å². The van der Waals surface area contributed by atoms with E-state index >= 15 is 0 Å². The molecule has 0 saturated carbocycles. The largest absolute Gasteiger partial charge is 0.455 e. The molecule has 5 nitrogen and oxygen atoms in total. The first kappa shape index (κ1) is 24.6. The number of hydrogen-bond donors (Lipinski definition) is 1. The fourth-order valence-corrected chi connectivity index (χ4v) is 5.09. The van der Waals surface area contributed by atoms with Gasteiger partial charge in [-0.05, 0) is 54.4 Å². The van der Waals surface area contributed by atoms with Gasteiger partial charge >= 0.3 is 0 Å². The summed E-state index contributed by atoms with van der Waals surface area (Å²) in [6.07, 6.45) is 2.50. The Morgan fingerprint density at radius 3 is 2.72 bits per heavy atom. The van der Waals surface area contributed by atoms with Crippen LogP contribution in [0.2, 0.25) is 10.0 Å². The van der Waals surface area contributed by atoms with Crippen molar-refractivity contribution in [2.45, 2.75) is 25.6 Å².